The van der Waals surface area contributed by atoms with Gasteiger partial charge in [-0.15, -0.1) is 0 Å². The number of carbonyl (C=O) groups is 1. The van der Waals surface area contributed by atoms with Crippen molar-refractivity contribution in [1.29, 1.82) is 0 Å². The molecule has 1 heterocycles. The molecule has 0 spiro atoms. The third kappa shape index (κ3) is 3.51. The fraction of sp³-hybridized carbons (Fsp3) is 0.263. The summed E-state index contributed by atoms with van der Waals surface area (Å²) in [6, 6.07) is 13.5. The third-order valence-electron chi connectivity index (χ3n) is 3.83. The summed E-state index contributed by atoms with van der Waals surface area (Å²) in [5.74, 6) is 0.409. The normalized spacial score (nSPS) is 10.9. The molecule has 1 amide bonds. The number of hydrogen-bond donors (Lipinski definition) is 1. The number of benzene rings is 2. The van der Waals surface area contributed by atoms with Gasteiger partial charge in [0.25, 0.3) is 5.91 Å². The highest BCUT2D eigenvalue weighted by Gasteiger charge is 2.16. The van der Waals surface area contributed by atoms with E-state index in [9.17, 15) is 4.79 Å². The number of alkyl halides is 1. The number of hydrogen-bond acceptors (Lipinski definition) is 3. The van der Waals surface area contributed by atoms with Crippen molar-refractivity contribution in [3.63, 3.8) is 0 Å². The van der Waals surface area contributed by atoms with Crippen molar-refractivity contribution in [2.75, 3.05) is 6.54 Å². The average Bonchev–Trinajstić information content (AvgIpc) is 3.06. The lowest BCUT2D eigenvalue weighted by atomic mass is 10.1. The number of amides is 1. The minimum Gasteiger partial charge on any atom is -0.435 e. The summed E-state index contributed by atoms with van der Waals surface area (Å²) in [6.45, 7) is 2.76. The Morgan fingerprint density at radius 1 is 1.21 bits per heavy atom. The van der Waals surface area contributed by atoms with Crippen LogP contribution in [0.3, 0.4) is 0 Å². The van der Waals surface area contributed by atoms with E-state index in [0.29, 0.717) is 29.1 Å². The Labute approximate surface area is 149 Å². The van der Waals surface area contributed by atoms with Crippen LogP contribution in [0.1, 0.15) is 35.7 Å². The SMILES string of the molecule is CCCCNC(=O)c1cccc2nc(-c3ccc(CBr)cc3)oc12. The Balaban J connectivity index is 1.92. The zero-order valence-electron chi connectivity index (χ0n) is 13.5. The first-order valence-electron chi connectivity index (χ1n) is 8.06. The summed E-state index contributed by atoms with van der Waals surface area (Å²) >= 11 is 3.43. The molecule has 3 aromatic rings. The monoisotopic (exact) mass is 386 g/mol. The number of fused-ring (bicyclic) bond motifs is 1. The quantitative estimate of drug-likeness (QED) is 0.483. The molecule has 24 heavy (non-hydrogen) atoms. The van der Waals surface area contributed by atoms with E-state index < -0.39 is 0 Å². The predicted molar refractivity (Wildman–Crippen MR) is 99.3 cm³/mol. The number of rotatable bonds is 6. The molecule has 5 heteroatoms. The molecule has 0 aliphatic carbocycles. The van der Waals surface area contributed by atoms with Crippen molar-refractivity contribution in [1.82, 2.24) is 10.3 Å². The van der Waals surface area contributed by atoms with E-state index in [-0.39, 0.29) is 5.91 Å². The molecule has 0 fully saturated rings. The van der Waals surface area contributed by atoms with Gasteiger partial charge in [0.05, 0.1) is 5.56 Å². The molecule has 0 aliphatic heterocycles. The Morgan fingerprint density at radius 2 is 2.00 bits per heavy atom. The van der Waals surface area contributed by atoms with E-state index in [4.69, 9.17) is 4.42 Å². The average molecular weight is 387 g/mol. The maximum atomic E-state index is 12.4. The summed E-state index contributed by atoms with van der Waals surface area (Å²) in [7, 11) is 0. The molecule has 2 aromatic carbocycles. The topological polar surface area (TPSA) is 55.1 Å². The van der Waals surface area contributed by atoms with Gasteiger partial charge in [-0.25, -0.2) is 4.98 Å². The van der Waals surface area contributed by atoms with E-state index in [2.05, 4.69) is 33.2 Å². The molecular formula is C19H19BrN2O2. The molecule has 0 unspecified atom stereocenters. The maximum absolute atomic E-state index is 12.4. The highest BCUT2D eigenvalue weighted by atomic mass is 79.9. The molecule has 4 nitrogen and oxygen atoms in total. The zero-order chi connectivity index (χ0) is 16.9. The Morgan fingerprint density at radius 3 is 2.71 bits per heavy atom. The van der Waals surface area contributed by atoms with Crippen LogP contribution >= 0.6 is 15.9 Å². The Kier molecular flexibility index (Phi) is 5.30. The van der Waals surface area contributed by atoms with Gasteiger partial charge in [-0.3, -0.25) is 4.79 Å². The first-order valence-corrected chi connectivity index (χ1v) is 9.18. The van der Waals surface area contributed by atoms with Crippen LogP contribution in [0.25, 0.3) is 22.6 Å². The molecule has 0 saturated carbocycles. The van der Waals surface area contributed by atoms with Gasteiger partial charge >= 0.3 is 0 Å². The summed E-state index contributed by atoms with van der Waals surface area (Å²) in [6.07, 6.45) is 2.00. The minimum absolute atomic E-state index is 0.119. The zero-order valence-corrected chi connectivity index (χ0v) is 15.1. The van der Waals surface area contributed by atoms with Crippen molar-refractivity contribution in [3.05, 3.63) is 53.6 Å². The number of nitrogens with one attached hydrogen (secondary N) is 1. The second kappa shape index (κ2) is 7.62. The number of para-hydroxylation sites is 1. The maximum Gasteiger partial charge on any atom is 0.255 e. The standard InChI is InChI=1S/C19H19BrN2O2/c1-2-3-11-21-18(23)15-5-4-6-16-17(15)24-19(22-16)14-9-7-13(12-20)8-10-14/h4-10H,2-3,11-12H2,1H3,(H,21,23). The van der Waals surface area contributed by atoms with Gasteiger partial charge in [-0.1, -0.05) is 47.5 Å². The van der Waals surface area contributed by atoms with Gasteiger partial charge in [0.2, 0.25) is 5.89 Å². The Hall–Kier alpha value is -2.14. The van der Waals surface area contributed by atoms with Crippen LogP contribution in [-0.4, -0.2) is 17.4 Å². The second-order valence-electron chi connectivity index (χ2n) is 5.61. The molecule has 0 atom stereocenters. The van der Waals surface area contributed by atoms with Gasteiger partial charge in [0.1, 0.15) is 5.52 Å². The highest BCUT2D eigenvalue weighted by molar-refractivity contribution is 9.08. The lowest BCUT2D eigenvalue weighted by Crippen LogP contribution is -2.24. The van der Waals surface area contributed by atoms with Gasteiger partial charge in [-0.2, -0.15) is 0 Å². The van der Waals surface area contributed by atoms with Crippen LogP contribution in [0, 0.1) is 0 Å². The van der Waals surface area contributed by atoms with Crippen molar-refractivity contribution in [2.45, 2.75) is 25.1 Å². The Bertz CT molecular complexity index is 840. The van der Waals surface area contributed by atoms with Gasteiger partial charge in [0.15, 0.2) is 5.58 Å². The van der Waals surface area contributed by atoms with Crippen LogP contribution < -0.4 is 5.32 Å². The largest absolute Gasteiger partial charge is 0.435 e. The summed E-state index contributed by atoms with van der Waals surface area (Å²) in [4.78, 5) is 16.9. The molecule has 0 saturated heterocycles. The first-order chi connectivity index (χ1) is 11.7. The van der Waals surface area contributed by atoms with Crippen LogP contribution in [-0.2, 0) is 5.33 Å². The van der Waals surface area contributed by atoms with Crippen molar-refractivity contribution in [3.8, 4) is 11.5 Å². The number of halogens is 1. The molecule has 3 rings (SSSR count). The van der Waals surface area contributed by atoms with Gasteiger partial charge in [0, 0.05) is 17.4 Å². The fourth-order valence-corrected chi connectivity index (χ4v) is 2.84. The highest BCUT2D eigenvalue weighted by Crippen LogP contribution is 2.27. The van der Waals surface area contributed by atoms with Gasteiger partial charge in [-0.05, 0) is 36.2 Å². The fourth-order valence-electron chi connectivity index (χ4n) is 2.46. The summed E-state index contributed by atoms with van der Waals surface area (Å²) in [5.41, 5.74) is 3.84. The van der Waals surface area contributed by atoms with Crippen LogP contribution in [0.5, 0.6) is 0 Å². The lowest BCUT2D eigenvalue weighted by Gasteiger charge is -2.04. The number of carbonyl (C=O) groups excluding carboxylic acids is 1. The predicted octanol–water partition coefficient (Wildman–Crippen LogP) is 4.92. The van der Waals surface area contributed by atoms with Gasteiger partial charge < -0.3 is 9.73 Å². The van der Waals surface area contributed by atoms with E-state index in [1.807, 2.05) is 36.4 Å². The molecule has 0 radical (unpaired) electrons. The first kappa shape index (κ1) is 16.7. The van der Waals surface area contributed by atoms with Crippen LogP contribution in [0.4, 0.5) is 0 Å². The molecule has 1 N–H and O–H groups in total. The van der Waals surface area contributed by atoms with E-state index in [0.717, 1.165) is 23.7 Å². The number of unbranched alkanes of at least 4 members (excludes halogenated alkanes) is 1. The molecule has 1 aromatic heterocycles. The van der Waals surface area contributed by atoms with Crippen LogP contribution in [0.2, 0.25) is 0 Å². The molecule has 124 valence electrons. The van der Waals surface area contributed by atoms with E-state index in [1.54, 1.807) is 6.07 Å². The summed E-state index contributed by atoms with van der Waals surface area (Å²) < 4.78 is 5.90. The second-order valence-corrected chi connectivity index (χ2v) is 6.17. The van der Waals surface area contributed by atoms with Crippen LogP contribution in [0.15, 0.2) is 46.9 Å². The number of nitrogens with zero attached hydrogens (tertiary/aromatic N) is 1. The molecule has 0 aliphatic rings. The number of aromatic nitrogens is 1. The van der Waals surface area contributed by atoms with E-state index in [1.165, 1.54) is 5.56 Å². The number of oxazole rings is 1. The van der Waals surface area contributed by atoms with Crippen molar-refractivity contribution in [2.24, 2.45) is 0 Å². The van der Waals surface area contributed by atoms with E-state index >= 15 is 0 Å². The smallest absolute Gasteiger partial charge is 0.255 e. The summed E-state index contributed by atoms with van der Waals surface area (Å²) in [5, 5.41) is 3.73. The van der Waals surface area contributed by atoms with Crippen molar-refractivity contribution >= 4 is 32.9 Å². The molecule has 0 bridgehead atoms. The third-order valence-corrected chi connectivity index (χ3v) is 4.48. The minimum atomic E-state index is -0.119. The molecular weight excluding hydrogens is 368 g/mol. The lowest BCUT2D eigenvalue weighted by molar-refractivity contribution is 0.0954. The van der Waals surface area contributed by atoms with Crippen molar-refractivity contribution < 1.29 is 9.21 Å².